The third kappa shape index (κ3) is 3.99. The van der Waals surface area contributed by atoms with E-state index in [1.54, 1.807) is 37.1 Å². The van der Waals surface area contributed by atoms with Crippen LogP contribution >= 0.6 is 23.2 Å². The van der Waals surface area contributed by atoms with E-state index in [1.165, 1.54) is 6.07 Å². The molecule has 0 aliphatic carbocycles. The summed E-state index contributed by atoms with van der Waals surface area (Å²) in [5, 5.41) is 10.9. The molecule has 0 radical (unpaired) electrons. The second kappa shape index (κ2) is 8.72. The summed E-state index contributed by atoms with van der Waals surface area (Å²) in [5.74, 6) is 0.998. The number of rotatable bonds is 6. The molecule has 2 N–H and O–H groups in total. The minimum Gasteiger partial charge on any atom is -0.493 e. The maximum absolute atomic E-state index is 12.7. The van der Waals surface area contributed by atoms with E-state index in [4.69, 9.17) is 32.7 Å². The number of carbonyl (C=O) groups excluding carboxylic acids is 2. The molecule has 3 aromatic rings. The van der Waals surface area contributed by atoms with Crippen LogP contribution in [0.1, 0.15) is 18.2 Å². The standard InChI is InChI=1S/C22H20Cl2N4O4/c1-11-20(12-4-7-17(31-2)18(8-12)32-3)21-26-22(30)16(28(21)27-11)10-19(29)25-15-6-5-13(23)9-14(15)24/h4-9,16H,10H2,1-3H3,(H,25,29)(H,26,30). The van der Waals surface area contributed by atoms with Gasteiger partial charge < -0.3 is 20.1 Å². The Hall–Kier alpha value is -3.23. The lowest BCUT2D eigenvalue weighted by Gasteiger charge is -2.11. The van der Waals surface area contributed by atoms with Crippen molar-refractivity contribution in [2.24, 2.45) is 0 Å². The molecule has 10 heteroatoms. The van der Waals surface area contributed by atoms with Crippen molar-refractivity contribution in [1.29, 1.82) is 0 Å². The Kier molecular flexibility index (Phi) is 5.99. The van der Waals surface area contributed by atoms with Crippen LogP contribution in [0.3, 0.4) is 0 Å². The zero-order chi connectivity index (χ0) is 23.0. The summed E-state index contributed by atoms with van der Waals surface area (Å²) in [6.07, 6.45) is -0.107. The van der Waals surface area contributed by atoms with Crippen molar-refractivity contribution < 1.29 is 19.1 Å². The van der Waals surface area contributed by atoms with Crippen LogP contribution in [0.5, 0.6) is 11.5 Å². The van der Waals surface area contributed by atoms with E-state index in [0.717, 1.165) is 11.1 Å². The maximum Gasteiger partial charge on any atom is 0.251 e. The number of anilines is 2. The molecule has 0 fully saturated rings. The Morgan fingerprint density at radius 3 is 2.59 bits per heavy atom. The highest BCUT2D eigenvalue weighted by Gasteiger charge is 2.36. The normalized spacial score (nSPS) is 14.7. The van der Waals surface area contributed by atoms with Crippen molar-refractivity contribution in [3.05, 3.63) is 52.1 Å². The molecule has 0 bridgehead atoms. The van der Waals surface area contributed by atoms with E-state index in [9.17, 15) is 9.59 Å². The van der Waals surface area contributed by atoms with E-state index in [-0.39, 0.29) is 18.2 Å². The number of nitrogens with zero attached hydrogens (tertiary/aromatic N) is 2. The average Bonchev–Trinajstić information content (AvgIpc) is 3.23. The highest BCUT2D eigenvalue weighted by atomic mass is 35.5. The molecule has 8 nitrogen and oxygen atoms in total. The van der Waals surface area contributed by atoms with E-state index >= 15 is 0 Å². The number of hydrogen-bond donors (Lipinski definition) is 2. The van der Waals surface area contributed by atoms with Crippen LogP contribution in [0.15, 0.2) is 36.4 Å². The fourth-order valence-corrected chi connectivity index (χ4v) is 4.14. The van der Waals surface area contributed by atoms with E-state index in [1.807, 2.05) is 19.1 Å². The molecule has 1 aromatic heterocycles. The van der Waals surface area contributed by atoms with Crippen LogP contribution in [0.25, 0.3) is 11.1 Å². The SMILES string of the molecule is COc1ccc(-c2c(C)nn3c2NC(=O)C3CC(=O)Nc2ccc(Cl)cc2Cl)cc1OC. The average molecular weight is 475 g/mol. The van der Waals surface area contributed by atoms with Crippen molar-refractivity contribution in [2.75, 3.05) is 24.9 Å². The number of ether oxygens (including phenoxy) is 2. The summed E-state index contributed by atoms with van der Waals surface area (Å²) < 4.78 is 12.2. The molecule has 4 rings (SSSR count). The molecule has 1 aliphatic rings. The van der Waals surface area contributed by atoms with Crippen LogP contribution in [-0.2, 0) is 9.59 Å². The predicted molar refractivity (Wildman–Crippen MR) is 123 cm³/mol. The second-order valence-electron chi connectivity index (χ2n) is 7.20. The molecule has 32 heavy (non-hydrogen) atoms. The van der Waals surface area contributed by atoms with E-state index in [2.05, 4.69) is 15.7 Å². The molecule has 2 amide bonds. The Morgan fingerprint density at radius 1 is 1.16 bits per heavy atom. The quantitative estimate of drug-likeness (QED) is 0.539. The van der Waals surface area contributed by atoms with Crippen LogP contribution in [0, 0.1) is 6.92 Å². The number of aryl methyl sites for hydroxylation is 1. The van der Waals surface area contributed by atoms with Gasteiger partial charge >= 0.3 is 0 Å². The maximum atomic E-state index is 12.7. The number of halogens is 2. The zero-order valence-electron chi connectivity index (χ0n) is 17.5. The first-order valence-electron chi connectivity index (χ1n) is 9.69. The minimum atomic E-state index is -0.788. The van der Waals surface area contributed by atoms with Gasteiger partial charge in [0.05, 0.1) is 37.0 Å². The number of benzene rings is 2. The predicted octanol–water partition coefficient (Wildman–Crippen LogP) is 4.70. The van der Waals surface area contributed by atoms with Crippen molar-refractivity contribution in [1.82, 2.24) is 9.78 Å². The van der Waals surface area contributed by atoms with Crippen LogP contribution < -0.4 is 20.1 Å². The fraction of sp³-hybridized carbons (Fsp3) is 0.227. The number of nitrogens with one attached hydrogen (secondary N) is 2. The number of aromatic nitrogens is 2. The second-order valence-corrected chi connectivity index (χ2v) is 8.05. The van der Waals surface area contributed by atoms with Gasteiger partial charge in [0.25, 0.3) is 5.91 Å². The largest absolute Gasteiger partial charge is 0.493 e. The fourth-order valence-electron chi connectivity index (χ4n) is 3.69. The van der Waals surface area contributed by atoms with Crippen molar-refractivity contribution in [3.8, 4) is 22.6 Å². The molecule has 1 unspecified atom stereocenters. The molecule has 0 spiro atoms. The molecular formula is C22H20Cl2N4O4. The summed E-state index contributed by atoms with van der Waals surface area (Å²) in [4.78, 5) is 25.3. The van der Waals surface area contributed by atoms with Gasteiger partial charge in [0, 0.05) is 10.6 Å². The molecule has 1 atom stereocenters. The van der Waals surface area contributed by atoms with Crippen LogP contribution in [0.2, 0.25) is 10.0 Å². The molecule has 2 heterocycles. The first-order valence-corrected chi connectivity index (χ1v) is 10.4. The lowest BCUT2D eigenvalue weighted by molar-refractivity contribution is -0.123. The summed E-state index contributed by atoms with van der Waals surface area (Å²) in [5.41, 5.74) is 2.68. The highest BCUT2D eigenvalue weighted by molar-refractivity contribution is 6.36. The van der Waals surface area contributed by atoms with Crippen LogP contribution in [-0.4, -0.2) is 35.8 Å². The Labute approximate surface area is 194 Å². The third-order valence-corrected chi connectivity index (χ3v) is 5.73. The van der Waals surface area contributed by atoms with Gasteiger partial charge in [-0.2, -0.15) is 5.10 Å². The van der Waals surface area contributed by atoms with Gasteiger partial charge in [0.15, 0.2) is 11.5 Å². The number of methoxy groups -OCH3 is 2. The molecule has 1 aliphatic heterocycles. The molecule has 0 saturated carbocycles. The summed E-state index contributed by atoms with van der Waals surface area (Å²) in [7, 11) is 3.12. The Balaban J connectivity index is 1.60. The third-order valence-electron chi connectivity index (χ3n) is 5.18. The molecule has 166 valence electrons. The van der Waals surface area contributed by atoms with Crippen molar-refractivity contribution >= 4 is 46.5 Å². The number of hydrogen-bond acceptors (Lipinski definition) is 5. The lowest BCUT2D eigenvalue weighted by Crippen LogP contribution is -2.23. The van der Waals surface area contributed by atoms with Crippen LogP contribution in [0.4, 0.5) is 11.5 Å². The van der Waals surface area contributed by atoms with Gasteiger partial charge in [-0.25, -0.2) is 4.68 Å². The molecule has 0 saturated heterocycles. The Bertz CT molecular complexity index is 1220. The van der Waals surface area contributed by atoms with Crippen molar-refractivity contribution in [2.45, 2.75) is 19.4 Å². The topological polar surface area (TPSA) is 94.5 Å². The molecule has 2 aromatic carbocycles. The minimum absolute atomic E-state index is 0.107. The zero-order valence-corrected chi connectivity index (χ0v) is 19.0. The number of carbonyl (C=O) groups is 2. The van der Waals surface area contributed by atoms with Gasteiger partial charge in [-0.3, -0.25) is 9.59 Å². The first kappa shape index (κ1) is 22.0. The van der Waals surface area contributed by atoms with Gasteiger partial charge in [-0.15, -0.1) is 0 Å². The van der Waals surface area contributed by atoms with E-state index < -0.39 is 6.04 Å². The lowest BCUT2D eigenvalue weighted by atomic mass is 10.1. The van der Waals surface area contributed by atoms with Gasteiger partial charge in [0.1, 0.15) is 11.9 Å². The smallest absolute Gasteiger partial charge is 0.251 e. The van der Waals surface area contributed by atoms with Gasteiger partial charge in [0.2, 0.25) is 5.91 Å². The number of fused-ring (bicyclic) bond motifs is 1. The summed E-state index contributed by atoms with van der Waals surface area (Å²) in [6, 6.07) is 9.44. The van der Waals surface area contributed by atoms with Gasteiger partial charge in [-0.05, 0) is 42.8 Å². The Morgan fingerprint density at radius 2 is 1.91 bits per heavy atom. The van der Waals surface area contributed by atoms with Gasteiger partial charge in [-0.1, -0.05) is 29.3 Å². The monoisotopic (exact) mass is 474 g/mol. The summed E-state index contributed by atoms with van der Waals surface area (Å²) in [6.45, 7) is 1.84. The van der Waals surface area contributed by atoms with E-state index in [0.29, 0.717) is 38.7 Å². The highest BCUT2D eigenvalue weighted by Crippen LogP contribution is 2.41. The number of amides is 2. The summed E-state index contributed by atoms with van der Waals surface area (Å²) >= 11 is 12.0. The first-order chi connectivity index (χ1) is 15.3. The molecular weight excluding hydrogens is 455 g/mol. The van der Waals surface area contributed by atoms with Crippen molar-refractivity contribution in [3.63, 3.8) is 0 Å².